The smallest absolute Gasteiger partial charge is 0.153 e. The van der Waals surface area contributed by atoms with Crippen LogP contribution in [-0.4, -0.2) is 14.8 Å². The molecule has 0 amide bonds. The molecule has 0 N–H and O–H groups in total. The Kier molecular flexibility index (Phi) is 2.37. The predicted molar refractivity (Wildman–Crippen MR) is 58.5 cm³/mol. The summed E-state index contributed by atoms with van der Waals surface area (Å²) >= 11 is 3.49. The van der Waals surface area contributed by atoms with Crippen LogP contribution < -0.4 is 0 Å². The van der Waals surface area contributed by atoms with Crippen LogP contribution in [0, 0.1) is 13.8 Å². The van der Waals surface area contributed by atoms with Crippen molar-refractivity contribution in [2.75, 3.05) is 0 Å². The Morgan fingerprint density at radius 1 is 1.29 bits per heavy atom. The van der Waals surface area contributed by atoms with Gasteiger partial charge in [0.05, 0.1) is 15.9 Å². The van der Waals surface area contributed by atoms with E-state index in [-0.39, 0.29) is 0 Å². The molecule has 0 unspecified atom stereocenters. The first-order valence-electron chi connectivity index (χ1n) is 4.33. The second-order valence-electron chi connectivity index (χ2n) is 3.08. The molecule has 0 atom stereocenters. The van der Waals surface area contributed by atoms with Gasteiger partial charge < -0.3 is 0 Å². The first-order valence-corrected chi connectivity index (χ1v) is 5.12. The van der Waals surface area contributed by atoms with Crippen LogP contribution in [-0.2, 0) is 0 Å². The topological polar surface area (TPSA) is 30.7 Å². The van der Waals surface area contributed by atoms with Gasteiger partial charge in [0.2, 0.25) is 0 Å². The van der Waals surface area contributed by atoms with Crippen molar-refractivity contribution in [3.05, 3.63) is 40.3 Å². The third-order valence-electron chi connectivity index (χ3n) is 2.07. The van der Waals surface area contributed by atoms with Gasteiger partial charge in [0, 0.05) is 6.20 Å². The summed E-state index contributed by atoms with van der Waals surface area (Å²) in [5.74, 6) is 0.846. The molecule has 0 spiro atoms. The van der Waals surface area contributed by atoms with Crippen molar-refractivity contribution in [1.82, 2.24) is 14.8 Å². The van der Waals surface area contributed by atoms with Crippen molar-refractivity contribution < 1.29 is 0 Å². The highest BCUT2D eigenvalue weighted by Gasteiger charge is 2.09. The summed E-state index contributed by atoms with van der Waals surface area (Å²) < 4.78 is 2.88. The number of aromatic nitrogens is 3. The number of hydrogen-bond donors (Lipinski definition) is 0. The fourth-order valence-corrected chi connectivity index (χ4v) is 1.57. The average Bonchev–Trinajstić information content (AvgIpc) is 2.47. The number of pyridine rings is 1. The quantitative estimate of drug-likeness (QED) is 0.781. The molecule has 0 saturated carbocycles. The minimum atomic E-state index is 0.846. The molecule has 0 bridgehead atoms. The Balaban J connectivity index is 2.58. The van der Waals surface area contributed by atoms with Crippen LogP contribution in [0.1, 0.15) is 11.4 Å². The molecule has 2 aromatic rings. The molecule has 2 rings (SSSR count). The first-order chi connectivity index (χ1) is 6.70. The fraction of sp³-hybridized carbons (Fsp3) is 0.200. The molecule has 0 saturated heterocycles. The van der Waals surface area contributed by atoms with Crippen molar-refractivity contribution in [1.29, 1.82) is 0 Å². The Labute approximate surface area is 90.9 Å². The van der Waals surface area contributed by atoms with Gasteiger partial charge in [-0.25, -0.2) is 9.67 Å². The maximum Gasteiger partial charge on any atom is 0.153 e. The van der Waals surface area contributed by atoms with Gasteiger partial charge in [-0.3, -0.25) is 0 Å². The Morgan fingerprint density at radius 3 is 2.57 bits per heavy atom. The standard InChI is InChI=1S/C10H10BrN3/c1-7-10(11)8(2)14(13-7)9-5-3-4-6-12-9/h3-6H,1-2H3. The lowest BCUT2D eigenvalue weighted by atomic mass is 10.4. The van der Waals surface area contributed by atoms with Gasteiger partial charge in [0.1, 0.15) is 0 Å². The molecule has 0 aromatic carbocycles. The zero-order valence-electron chi connectivity index (χ0n) is 8.03. The zero-order valence-corrected chi connectivity index (χ0v) is 9.62. The van der Waals surface area contributed by atoms with Gasteiger partial charge in [-0.15, -0.1) is 0 Å². The highest BCUT2D eigenvalue weighted by molar-refractivity contribution is 9.10. The van der Waals surface area contributed by atoms with Gasteiger partial charge in [0.15, 0.2) is 5.82 Å². The lowest BCUT2D eigenvalue weighted by Gasteiger charge is -2.01. The van der Waals surface area contributed by atoms with Crippen LogP contribution in [0.4, 0.5) is 0 Å². The SMILES string of the molecule is Cc1nn(-c2ccccn2)c(C)c1Br. The van der Waals surface area contributed by atoms with Gasteiger partial charge in [0.25, 0.3) is 0 Å². The predicted octanol–water partition coefficient (Wildman–Crippen LogP) is 2.65. The second-order valence-corrected chi connectivity index (χ2v) is 3.88. The number of hydrogen-bond acceptors (Lipinski definition) is 2. The summed E-state index contributed by atoms with van der Waals surface area (Å²) in [6, 6.07) is 5.78. The molecule has 72 valence electrons. The normalized spacial score (nSPS) is 10.5. The van der Waals surface area contributed by atoms with E-state index in [4.69, 9.17) is 0 Å². The summed E-state index contributed by atoms with van der Waals surface area (Å²) in [6.07, 6.45) is 1.76. The molecular weight excluding hydrogens is 242 g/mol. The molecule has 0 aliphatic heterocycles. The summed E-state index contributed by atoms with van der Waals surface area (Å²) in [5, 5.41) is 4.39. The Morgan fingerprint density at radius 2 is 2.07 bits per heavy atom. The van der Waals surface area contributed by atoms with E-state index in [1.54, 1.807) is 6.20 Å². The monoisotopic (exact) mass is 251 g/mol. The fourth-order valence-electron chi connectivity index (χ4n) is 1.33. The van der Waals surface area contributed by atoms with Crippen molar-refractivity contribution in [3.63, 3.8) is 0 Å². The van der Waals surface area contributed by atoms with Crippen molar-refractivity contribution in [3.8, 4) is 5.82 Å². The summed E-state index contributed by atoms with van der Waals surface area (Å²) in [4.78, 5) is 4.24. The highest BCUT2D eigenvalue weighted by Crippen LogP contribution is 2.21. The van der Waals surface area contributed by atoms with Crippen LogP contribution in [0.25, 0.3) is 5.82 Å². The van der Waals surface area contributed by atoms with Crippen LogP contribution in [0.5, 0.6) is 0 Å². The number of halogens is 1. The minimum absolute atomic E-state index is 0.846. The molecule has 4 heteroatoms. The molecule has 14 heavy (non-hydrogen) atoms. The van der Waals surface area contributed by atoms with Gasteiger partial charge >= 0.3 is 0 Å². The molecule has 2 heterocycles. The van der Waals surface area contributed by atoms with E-state index >= 15 is 0 Å². The Hall–Kier alpha value is -1.16. The maximum absolute atomic E-state index is 4.39. The highest BCUT2D eigenvalue weighted by atomic mass is 79.9. The maximum atomic E-state index is 4.39. The number of nitrogens with zero attached hydrogens (tertiary/aromatic N) is 3. The summed E-state index contributed by atoms with van der Waals surface area (Å²) in [5.41, 5.74) is 2.05. The third-order valence-corrected chi connectivity index (χ3v) is 3.22. The second kappa shape index (κ2) is 3.53. The number of rotatable bonds is 1. The van der Waals surface area contributed by atoms with Crippen molar-refractivity contribution in [2.24, 2.45) is 0 Å². The van der Waals surface area contributed by atoms with Crippen LogP contribution >= 0.6 is 15.9 Å². The molecule has 2 aromatic heterocycles. The summed E-state index contributed by atoms with van der Waals surface area (Å²) in [6.45, 7) is 3.98. The minimum Gasteiger partial charge on any atom is -0.237 e. The first kappa shape index (κ1) is 9.40. The largest absolute Gasteiger partial charge is 0.237 e. The van der Waals surface area contributed by atoms with Gasteiger partial charge in [-0.05, 0) is 41.9 Å². The van der Waals surface area contributed by atoms with E-state index in [0.717, 1.165) is 21.7 Å². The van der Waals surface area contributed by atoms with Crippen molar-refractivity contribution >= 4 is 15.9 Å². The molecule has 0 radical (unpaired) electrons. The molecule has 3 nitrogen and oxygen atoms in total. The molecule has 0 aliphatic rings. The molecule has 0 fully saturated rings. The van der Waals surface area contributed by atoms with E-state index < -0.39 is 0 Å². The van der Waals surface area contributed by atoms with Gasteiger partial charge in [-0.2, -0.15) is 5.10 Å². The van der Waals surface area contributed by atoms with E-state index in [2.05, 4.69) is 26.0 Å². The van der Waals surface area contributed by atoms with E-state index in [9.17, 15) is 0 Å². The van der Waals surface area contributed by atoms with E-state index in [0.29, 0.717) is 0 Å². The van der Waals surface area contributed by atoms with Gasteiger partial charge in [-0.1, -0.05) is 6.07 Å². The zero-order chi connectivity index (χ0) is 10.1. The van der Waals surface area contributed by atoms with Crippen LogP contribution in [0.3, 0.4) is 0 Å². The lowest BCUT2D eigenvalue weighted by molar-refractivity contribution is 0.806. The molecular formula is C10H10BrN3. The lowest BCUT2D eigenvalue weighted by Crippen LogP contribution is -2.00. The van der Waals surface area contributed by atoms with E-state index in [1.807, 2.05) is 36.7 Å². The van der Waals surface area contributed by atoms with Crippen molar-refractivity contribution in [2.45, 2.75) is 13.8 Å². The average molecular weight is 252 g/mol. The van der Waals surface area contributed by atoms with Crippen LogP contribution in [0.15, 0.2) is 28.9 Å². The Bertz CT molecular complexity index is 448. The summed E-state index contributed by atoms with van der Waals surface area (Å²) in [7, 11) is 0. The third kappa shape index (κ3) is 1.46. The van der Waals surface area contributed by atoms with E-state index in [1.165, 1.54) is 0 Å². The molecule has 0 aliphatic carbocycles. The number of aryl methyl sites for hydroxylation is 1. The van der Waals surface area contributed by atoms with Crippen LogP contribution in [0.2, 0.25) is 0 Å².